The first-order valence-electron chi connectivity index (χ1n) is 11.1. The van der Waals surface area contributed by atoms with Crippen LogP contribution in [0.1, 0.15) is 38.0 Å². The number of hydrogen-bond acceptors (Lipinski definition) is 5. The van der Waals surface area contributed by atoms with E-state index in [2.05, 4.69) is 15.0 Å². The summed E-state index contributed by atoms with van der Waals surface area (Å²) in [6.45, 7) is 7.08. The largest absolute Gasteiger partial charge is 0.361 e. The zero-order chi connectivity index (χ0) is 21.7. The first kappa shape index (κ1) is 21.2. The molecule has 1 aliphatic rings. The zero-order valence-electron chi connectivity index (χ0n) is 18.3. The predicted octanol–water partition coefficient (Wildman–Crippen LogP) is 4.18. The van der Waals surface area contributed by atoms with E-state index in [9.17, 15) is 4.79 Å². The van der Waals surface area contributed by atoms with E-state index in [1.54, 1.807) is 0 Å². The van der Waals surface area contributed by atoms with Crippen LogP contribution in [0.4, 0.5) is 0 Å². The molecule has 0 spiro atoms. The van der Waals surface area contributed by atoms with Gasteiger partial charge in [0, 0.05) is 50.1 Å². The monoisotopic (exact) mass is 418 g/mol. The van der Waals surface area contributed by atoms with Gasteiger partial charge in [0.2, 0.25) is 5.91 Å². The topological polar surface area (TPSA) is 62.5 Å². The van der Waals surface area contributed by atoms with Crippen LogP contribution in [-0.2, 0) is 17.8 Å². The summed E-state index contributed by atoms with van der Waals surface area (Å²) < 4.78 is 5.74. The molecule has 0 N–H and O–H groups in total. The molecular weight excluding hydrogens is 388 g/mol. The summed E-state index contributed by atoms with van der Waals surface area (Å²) >= 11 is 0. The second-order valence-electron chi connectivity index (χ2n) is 8.11. The lowest BCUT2D eigenvalue weighted by Gasteiger charge is -2.40. The molecule has 1 unspecified atom stereocenters. The Hall–Kier alpha value is -2.99. The van der Waals surface area contributed by atoms with Gasteiger partial charge in [0.15, 0.2) is 0 Å². The SMILES string of the molecule is CCN(CC)C(=O)C1(Cc2cc(-c3ccccc3)no2)CCCN1Cc1ccncc1. The molecule has 1 aliphatic heterocycles. The van der Waals surface area contributed by atoms with Crippen LogP contribution in [0.15, 0.2) is 65.4 Å². The molecule has 0 radical (unpaired) electrons. The van der Waals surface area contributed by atoms with Crippen molar-refractivity contribution >= 4 is 5.91 Å². The molecule has 0 saturated carbocycles. The van der Waals surface area contributed by atoms with Crippen molar-refractivity contribution in [1.29, 1.82) is 0 Å². The van der Waals surface area contributed by atoms with Crippen molar-refractivity contribution in [2.75, 3.05) is 19.6 Å². The van der Waals surface area contributed by atoms with E-state index in [0.717, 1.165) is 48.5 Å². The molecule has 6 heteroatoms. The molecular formula is C25H30N4O2. The summed E-state index contributed by atoms with van der Waals surface area (Å²) in [5.74, 6) is 0.933. The smallest absolute Gasteiger partial charge is 0.243 e. The summed E-state index contributed by atoms with van der Waals surface area (Å²) in [6, 6.07) is 16.0. The van der Waals surface area contributed by atoms with Crippen molar-refractivity contribution in [2.45, 2.75) is 45.2 Å². The third-order valence-electron chi connectivity index (χ3n) is 6.29. The molecule has 6 nitrogen and oxygen atoms in total. The Morgan fingerprint density at radius 3 is 2.58 bits per heavy atom. The van der Waals surface area contributed by atoms with Gasteiger partial charge < -0.3 is 9.42 Å². The molecule has 0 bridgehead atoms. The predicted molar refractivity (Wildman–Crippen MR) is 120 cm³/mol. The number of pyridine rings is 1. The number of benzene rings is 1. The van der Waals surface area contributed by atoms with E-state index >= 15 is 0 Å². The standard InChI is InChI=1S/C25H30N4O2/c1-3-28(4-2)24(30)25(13-8-16-29(25)19-20-11-14-26-15-12-20)18-22-17-23(27-31-22)21-9-6-5-7-10-21/h5-7,9-12,14-15,17H,3-4,8,13,16,18-19H2,1-2H3. The molecule has 162 valence electrons. The number of likely N-dealkylation sites (tertiary alicyclic amines) is 1. The summed E-state index contributed by atoms with van der Waals surface area (Å²) in [7, 11) is 0. The number of nitrogens with zero attached hydrogens (tertiary/aromatic N) is 4. The summed E-state index contributed by atoms with van der Waals surface area (Å²) in [5, 5.41) is 4.29. The van der Waals surface area contributed by atoms with Crippen molar-refractivity contribution < 1.29 is 9.32 Å². The highest BCUT2D eigenvalue weighted by molar-refractivity contribution is 5.87. The highest BCUT2D eigenvalue weighted by Crippen LogP contribution is 2.36. The van der Waals surface area contributed by atoms with Gasteiger partial charge in [-0.3, -0.25) is 14.7 Å². The number of rotatable bonds is 8. The van der Waals surface area contributed by atoms with Crippen LogP contribution in [0.2, 0.25) is 0 Å². The van der Waals surface area contributed by atoms with E-state index in [0.29, 0.717) is 19.5 Å². The fourth-order valence-corrected chi connectivity index (χ4v) is 4.63. The fraction of sp³-hybridized carbons (Fsp3) is 0.400. The Balaban J connectivity index is 1.66. The number of carbonyl (C=O) groups excluding carboxylic acids is 1. The van der Waals surface area contributed by atoms with Crippen LogP contribution in [-0.4, -0.2) is 51.0 Å². The van der Waals surface area contributed by atoms with Crippen LogP contribution >= 0.6 is 0 Å². The van der Waals surface area contributed by atoms with Gasteiger partial charge in [-0.25, -0.2) is 0 Å². The van der Waals surface area contributed by atoms with E-state index in [1.165, 1.54) is 0 Å². The number of amides is 1. The van der Waals surface area contributed by atoms with Crippen molar-refractivity contribution in [3.63, 3.8) is 0 Å². The summed E-state index contributed by atoms with van der Waals surface area (Å²) in [5.41, 5.74) is 2.36. The normalized spacial score (nSPS) is 18.9. The van der Waals surface area contributed by atoms with Crippen LogP contribution in [0, 0.1) is 0 Å². The maximum absolute atomic E-state index is 13.8. The summed E-state index contributed by atoms with van der Waals surface area (Å²) in [6.07, 6.45) is 5.93. The quantitative estimate of drug-likeness (QED) is 0.549. The third-order valence-corrected chi connectivity index (χ3v) is 6.29. The van der Waals surface area contributed by atoms with Gasteiger partial charge in [-0.1, -0.05) is 35.5 Å². The molecule has 3 heterocycles. The maximum Gasteiger partial charge on any atom is 0.243 e. The average molecular weight is 419 g/mol. The lowest BCUT2D eigenvalue weighted by atomic mass is 9.88. The van der Waals surface area contributed by atoms with Crippen molar-refractivity contribution in [2.24, 2.45) is 0 Å². The van der Waals surface area contributed by atoms with Gasteiger partial charge >= 0.3 is 0 Å². The molecule has 1 fully saturated rings. The second-order valence-corrected chi connectivity index (χ2v) is 8.11. The molecule has 4 rings (SSSR count). The van der Waals surface area contributed by atoms with Gasteiger partial charge in [-0.2, -0.15) is 0 Å². The van der Waals surface area contributed by atoms with Crippen LogP contribution in [0.25, 0.3) is 11.3 Å². The van der Waals surface area contributed by atoms with E-state index < -0.39 is 5.54 Å². The van der Waals surface area contributed by atoms with E-state index in [4.69, 9.17) is 4.52 Å². The molecule has 1 aromatic carbocycles. The molecule has 1 saturated heterocycles. The molecule has 2 aromatic heterocycles. The van der Waals surface area contributed by atoms with Crippen molar-refractivity contribution in [3.05, 3.63) is 72.2 Å². The Labute approximate surface area is 183 Å². The van der Waals surface area contributed by atoms with Crippen molar-refractivity contribution in [3.8, 4) is 11.3 Å². The lowest BCUT2D eigenvalue weighted by Crippen LogP contribution is -2.57. The van der Waals surface area contributed by atoms with E-state index in [1.807, 2.05) is 79.7 Å². The second kappa shape index (κ2) is 9.43. The Kier molecular flexibility index (Phi) is 6.47. The molecule has 1 atom stereocenters. The van der Waals surface area contributed by atoms with E-state index in [-0.39, 0.29) is 5.91 Å². The number of carbonyl (C=O) groups is 1. The number of likely N-dealkylation sites (N-methyl/N-ethyl adjacent to an activating group) is 1. The minimum Gasteiger partial charge on any atom is -0.361 e. The minimum absolute atomic E-state index is 0.182. The van der Waals surface area contributed by atoms with Gasteiger partial charge in [-0.15, -0.1) is 0 Å². The Morgan fingerprint density at radius 2 is 1.87 bits per heavy atom. The molecule has 1 amide bonds. The molecule has 0 aliphatic carbocycles. The van der Waals surface area contributed by atoms with Crippen LogP contribution in [0.3, 0.4) is 0 Å². The summed E-state index contributed by atoms with van der Waals surface area (Å²) in [4.78, 5) is 22.2. The van der Waals surface area contributed by atoms with Gasteiger partial charge in [0.1, 0.15) is 17.0 Å². The minimum atomic E-state index is -0.622. The highest BCUT2D eigenvalue weighted by atomic mass is 16.5. The fourth-order valence-electron chi connectivity index (χ4n) is 4.63. The van der Waals surface area contributed by atoms with Gasteiger partial charge in [-0.05, 0) is 50.9 Å². The molecule has 31 heavy (non-hydrogen) atoms. The van der Waals surface area contributed by atoms with Crippen LogP contribution in [0.5, 0.6) is 0 Å². The first-order valence-corrected chi connectivity index (χ1v) is 11.1. The Bertz CT molecular complexity index is 985. The van der Waals surface area contributed by atoms with Crippen LogP contribution < -0.4 is 0 Å². The molecule has 3 aromatic rings. The van der Waals surface area contributed by atoms with Crippen molar-refractivity contribution in [1.82, 2.24) is 19.9 Å². The lowest BCUT2D eigenvalue weighted by molar-refractivity contribution is -0.143. The zero-order valence-corrected chi connectivity index (χ0v) is 18.3. The maximum atomic E-state index is 13.8. The number of aromatic nitrogens is 2. The number of hydrogen-bond donors (Lipinski definition) is 0. The van der Waals surface area contributed by atoms with Gasteiger partial charge in [0.25, 0.3) is 0 Å². The van der Waals surface area contributed by atoms with Gasteiger partial charge in [0.05, 0.1) is 0 Å². The Morgan fingerprint density at radius 1 is 1.13 bits per heavy atom. The first-order chi connectivity index (χ1) is 15.2. The average Bonchev–Trinajstić information content (AvgIpc) is 3.44. The third kappa shape index (κ3) is 4.39. The highest BCUT2D eigenvalue weighted by Gasteiger charge is 2.49.